The molecule has 6 nitrogen and oxygen atoms in total. The van der Waals surface area contributed by atoms with E-state index in [1.54, 1.807) is 12.3 Å². The van der Waals surface area contributed by atoms with Gasteiger partial charge >= 0.3 is 0 Å². The third-order valence-corrected chi connectivity index (χ3v) is 5.41. The molecule has 2 unspecified atom stereocenters. The topological polar surface area (TPSA) is 70.0 Å². The molecule has 0 saturated carbocycles. The molecule has 1 N–H and O–H groups in total. The minimum atomic E-state index is -0.969. The van der Waals surface area contributed by atoms with Gasteiger partial charge in [-0.25, -0.2) is 0 Å². The third kappa shape index (κ3) is 3.88. The predicted octanol–water partition coefficient (Wildman–Crippen LogP) is 3.71. The Kier molecular flexibility index (Phi) is 5.57. The van der Waals surface area contributed by atoms with Gasteiger partial charge in [-0.2, -0.15) is 0 Å². The Labute approximate surface area is 175 Å². The summed E-state index contributed by atoms with van der Waals surface area (Å²) in [6, 6.07) is 24.8. The van der Waals surface area contributed by atoms with Crippen LogP contribution in [-0.2, 0) is 18.9 Å². The van der Waals surface area contributed by atoms with E-state index in [0.29, 0.717) is 12.3 Å². The number of aliphatic hydroxyl groups excluding tert-OH is 1. The molecule has 0 spiro atoms. The van der Waals surface area contributed by atoms with Crippen LogP contribution in [0.5, 0.6) is 0 Å². The Morgan fingerprint density at radius 1 is 0.767 bits per heavy atom. The van der Waals surface area contributed by atoms with Gasteiger partial charge in [0, 0.05) is 17.3 Å². The summed E-state index contributed by atoms with van der Waals surface area (Å²) in [5, 5.41) is 11.1. The quantitative estimate of drug-likeness (QED) is 0.714. The van der Waals surface area contributed by atoms with Gasteiger partial charge in [0.2, 0.25) is 0 Å². The van der Waals surface area contributed by atoms with Gasteiger partial charge in [0.1, 0.15) is 24.4 Å². The molecule has 0 bridgehead atoms. The molecule has 3 aromatic rings. The monoisotopic (exact) mass is 405 g/mol. The summed E-state index contributed by atoms with van der Waals surface area (Å²) in [5.74, 6) is 0. The highest BCUT2D eigenvalue weighted by Crippen LogP contribution is 2.41. The second kappa shape index (κ2) is 8.63. The fraction of sp³-hybridized carbons (Fsp3) is 0.292. The molecule has 0 amide bonds. The van der Waals surface area contributed by atoms with E-state index in [2.05, 4.69) is 4.98 Å². The highest BCUT2D eigenvalue weighted by Gasteiger charge is 2.48. The number of pyridine rings is 1. The molecule has 1 aromatic heterocycles. The minimum Gasteiger partial charge on any atom is -0.384 e. The van der Waals surface area contributed by atoms with Gasteiger partial charge in [0.25, 0.3) is 0 Å². The van der Waals surface area contributed by atoms with Crippen molar-refractivity contribution < 1.29 is 24.1 Å². The van der Waals surface area contributed by atoms with Gasteiger partial charge in [-0.3, -0.25) is 4.98 Å². The van der Waals surface area contributed by atoms with E-state index in [0.717, 1.165) is 11.1 Å². The second-order valence-electron chi connectivity index (χ2n) is 7.39. The standard InChI is InChI=1S/C24H23NO5/c26-20(18-13-7-8-14-25-18)22-21-19(28-24(30-22)17-11-5-2-6-12-17)15-27-23(29-21)16-9-3-1-4-10-16/h1-14,19-24,26H,15H2/t19-,20+,21-,22+,23?,24?/m1/s1. The van der Waals surface area contributed by atoms with Crippen LogP contribution in [0.3, 0.4) is 0 Å². The molecule has 0 aliphatic carbocycles. The molecule has 6 heteroatoms. The van der Waals surface area contributed by atoms with Crippen molar-refractivity contribution in [3.05, 3.63) is 102 Å². The number of aliphatic hydroxyl groups is 1. The van der Waals surface area contributed by atoms with Crippen LogP contribution in [0.15, 0.2) is 85.1 Å². The van der Waals surface area contributed by atoms with E-state index in [9.17, 15) is 5.11 Å². The number of hydrogen-bond acceptors (Lipinski definition) is 6. The lowest BCUT2D eigenvalue weighted by Crippen LogP contribution is -2.56. The number of hydrogen-bond donors (Lipinski definition) is 1. The molecule has 2 aromatic carbocycles. The first kappa shape index (κ1) is 19.4. The van der Waals surface area contributed by atoms with Crippen LogP contribution in [-0.4, -0.2) is 35.0 Å². The first-order valence-electron chi connectivity index (χ1n) is 10.1. The molecule has 6 atom stereocenters. The van der Waals surface area contributed by atoms with E-state index in [-0.39, 0.29) is 6.10 Å². The van der Waals surface area contributed by atoms with E-state index < -0.39 is 30.9 Å². The van der Waals surface area contributed by atoms with Crippen LogP contribution in [0.25, 0.3) is 0 Å². The lowest BCUT2D eigenvalue weighted by atomic mass is 9.97. The number of aromatic nitrogens is 1. The van der Waals surface area contributed by atoms with Gasteiger partial charge < -0.3 is 24.1 Å². The number of benzene rings is 2. The Hall–Kier alpha value is -2.61. The summed E-state index contributed by atoms with van der Waals surface area (Å²) >= 11 is 0. The molecular weight excluding hydrogens is 382 g/mol. The summed E-state index contributed by atoms with van der Waals surface area (Å²) in [4.78, 5) is 4.31. The highest BCUT2D eigenvalue weighted by atomic mass is 16.8. The number of fused-ring (bicyclic) bond motifs is 1. The van der Waals surface area contributed by atoms with Gasteiger partial charge in [-0.05, 0) is 12.1 Å². The van der Waals surface area contributed by atoms with Crippen LogP contribution >= 0.6 is 0 Å². The van der Waals surface area contributed by atoms with E-state index >= 15 is 0 Å². The number of rotatable bonds is 4. The second-order valence-corrected chi connectivity index (χ2v) is 7.39. The normalized spacial score (nSPS) is 29.7. The third-order valence-electron chi connectivity index (χ3n) is 5.41. The van der Waals surface area contributed by atoms with Crippen molar-refractivity contribution in [3.8, 4) is 0 Å². The molecule has 5 rings (SSSR count). The van der Waals surface area contributed by atoms with Gasteiger partial charge in [-0.15, -0.1) is 0 Å². The molecule has 2 aliphatic rings. The van der Waals surface area contributed by atoms with Crippen molar-refractivity contribution in [3.63, 3.8) is 0 Å². The van der Waals surface area contributed by atoms with Crippen molar-refractivity contribution in [1.82, 2.24) is 4.98 Å². The molecule has 2 aliphatic heterocycles. The van der Waals surface area contributed by atoms with Gasteiger partial charge in [0.05, 0.1) is 12.3 Å². The van der Waals surface area contributed by atoms with E-state index in [1.165, 1.54) is 0 Å². The Balaban J connectivity index is 1.44. The van der Waals surface area contributed by atoms with Crippen LogP contribution in [0, 0.1) is 0 Å². The predicted molar refractivity (Wildman–Crippen MR) is 108 cm³/mol. The molecule has 2 saturated heterocycles. The first-order chi connectivity index (χ1) is 14.8. The molecule has 30 heavy (non-hydrogen) atoms. The molecule has 3 heterocycles. The minimum absolute atomic E-state index is 0.336. The Bertz CT molecular complexity index is 940. The fourth-order valence-electron chi connectivity index (χ4n) is 3.89. The summed E-state index contributed by atoms with van der Waals surface area (Å²) < 4.78 is 24.6. The maximum Gasteiger partial charge on any atom is 0.184 e. The van der Waals surface area contributed by atoms with Crippen molar-refractivity contribution in [1.29, 1.82) is 0 Å². The number of nitrogens with zero attached hydrogens (tertiary/aromatic N) is 1. The first-order valence-corrected chi connectivity index (χ1v) is 10.1. The number of ether oxygens (including phenoxy) is 4. The van der Waals surface area contributed by atoms with E-state index in [1.807, 2.05) is 72.8 Å². The van der Waals surface area contributed by atoms with Crippen molar-refractivity contribution >= 4 is 0 Å². The highest BCUT2D eigenvalue weighted by molar-refractivity contribution is 5.19. The van der Waals surface area contributed by atoms with Crippen molar-refractivity contribution in [2.75, 3.05) is 6.61 Å². The molecule has 2 fully saturated rings. The van der Waals surface area contributed by atoms with Gasteiger partial charge in [0.15, 0.2) is 12.6 Å². The zero-order valence-electron chi connectivity index (χ0n) is 16.3. The maximum atomic E-state index is 11.1. The summed E-state index contributed by atoms with van der Waals surface area (Å²) in [6.07, 6.45) is -2.06. The molecule has 0 radical (unpaired) electrons. The molecular formula is C24H23NO5. The summed E-state index contributed by atoms with van der Waals surface area (Å²) in [5.41, 5.74) is 2.31. The van der Waals surface area contributed by atoms with Crippen LogP contribution in [0.1, 0.15) is 35.5 Å². The average Bonchev–Trinajstić information content (AvgIpc) is 2.84. The summed E-state index contributed by atoms with van der Waals surface area (Å²) in [6.45, 7) is 0.336. The average molecular weight is 405 g/mol. The van der Waals surface area contributed by atoms with Crippen LogP contribution < -0.4 is 0 Å². The largest absolute Gasteiger partial charge is 0.384 e. The lowest BCUT2D eigenvalue weighted by Gasteiger charge is -2.47. The zero-order chi connectivity index (χ0) is 20.3. The van der Waals surface area contributed by atoms with Crippen LogP contribution in [0.2, 0.25) is 0 Å². The lowest BCUT2D eigenvalue weighted by molar-refractivity contribution is -0.373. The fourth-order valence-corrected chi connectivity index (χ4v) is 3.89. The van der Waals surface area contributed by atoms with E-state index in [4.69, 9.17) is 18.9 Å². The molecule has 154 valence electrons. The Morgan fingerprint density at radius 3 is 2.10 bits per heavy atom. The Morgan fingerprint density at radius 2 is 1.43 bits per heavy atom. The van der Waals surface area contributed by atoms with Crippen molar-refractivity contribution in [2.24, 2.45) is 0 Å². The SMILES string of the molecule is O[C@@H](c1ccccn1)[C@@H]1OC(c2ccccc2)O[C@@H]2COC(c3ccccc3)O[C@@H]12. The maximum absolute atomic E-state index is 11.1. The van der Waals surface area contributed by atoms with Crippen molar-refractivity contribution in [2.45, 2.75) is 37.0 Å². The zero-order valence-corrected chi connectivity index (χ0v) is 16.3. The smallest absolute Gasteiger partial charge is 0.184 e. The van der Waals surface area contributed by atoms with Gasteiger partial charge in [-0.1, -0.05) is 66.7 Å². The van der Waals surface area contributed by atoms with Crippen LogP contribution in [0.4, 0.5) is 0 Å². The summed E-state index contributed by atoms with van der Waals surface area (Å²) in [7, 11) is 0.